The molecule has 0 unspecified atom stereocenters. The van der Waals surface area contributed by atoms with Crippen LogP contribution < -0.4 is 5.73 Å². The van der Waals surface area contributed by atoms with Gasteiger partial charge in [-0.25, -0.2) is 0 Å². The first-order valence-electron chi connectivity index (χ1n) is 3.75. The maximum atomic E-state index is 5.71. The van der Waals surface area contributed by atoms with Gasteiger partial charge < -0.3 is 5.73 Å². The van der Waals surface area contributed by atoms with Crippen LogP contribution in [0.1, 0.15) is 11.1 Å². The molecule has 2 nitrogen and oxygen atoms in total. The Labute approximate surface area is 72.4 Å². The van der Waals surface area contributed by atoms with Gasteiger partial charge in [-0.2, -0.15) is 0 Å². The molecule has 0 amide bonds. The zero-order valence-electron chi connectivity index (χ0n) is 7.12. The fourth-order valence-corrected chi connectivity index (χ4v) is 0.988. The van der Waals surface area contributed by atoms with E-state index in [1.807, 2.05) is 19.1 Å². The van der Waals surface area contributed by atoms with Crippen molar-refractivity contribution in [2.45, 2.75) is 6.92 Å². The van der Waals surface area contributed by atoms with Crippen LogP contribution >= 0.6 is 0 Å². The molecule has 0 atom stereocenters. The smallest absolute Gasteiger partial charge is 0.0576 e. The average molecular weight is 160 g/mol. The molecule has 2 heteroatoms. The van der Waals surface area contributed by atoms with Crippen LogP contribution in [0.2, 0.25) is 0 Å². The molecule has 1 heterocycles. The van der Waals surface area contributed by atoms with Crippen molar-refractivity contribution >= 4 is 11.8 Å². The summed E-state index contributed by atoms with van der Waals surface area (Å²) in [6, 6.07) is 0. The maximum Gasteiger partial charge on any atom is 0.0576 e. The lowest BCUT2D eigenvalue weighted by molar-refractivity contribution is 1.26. The molecule has 1 aromatic rings. The Morgan fingerprint density at radius 1 is 1.50 bits per heavy atom. The van der Waals surface area contributed by atoms with Crippen molar-refractivity contribution in [1.82, 2.24) is 4.98 Å². The summed E-state index contributed by atoms with van der Waals surface area (Å²) in [4.78, 5) is 3.97. The van der Waals surface area contributed by atoms with Gasteiger partial charge in [0.2, 0.25) is 0 Å². The topological polar surface area (TPSA) is 38.9 Å². The van der Waals surface area contributed by atoms with E-state index in [9.17, 15) is 0 Å². The number of nitrogens with zero attached hydrogens (tertiary/aromatic N) is 1. The third kappa shape index (κ3) is 1.72. The number of aryl methyl sites for hydroxylation is 1. The highest BCUT2D eigenvalue weighted by atomic mass is 14.7. The Morgan fingerprint density at radius 3 is 2.83 bits per heavy atom. The first-order chi connectivity index (χ1) is 5.75. The number of aromatic nitrogens is 1. The minimum atomic E-state index is 0.702. The van der Waals surface area contributed by atoms with E-state index < -0.39 is 0 Å². The van der Waals surface area contributed by atoms with Crippen molar-refractivity contribution in [3.05, 3.63) is 42.3 Å². The number of hydrogen-bond acceptors (Lipinski definition) is 2. The van der Waals surface area contributed by atoms with Crippen LogP contribution in [0.3, 0.4) is 0 Å². The minimum absolute atomic E-state index is 0.702. The van der Waals surface area contributed by atoms with E-state index in [1.165, 1.54) is 0 Å². The summed E-state index contributed by atoms with van der Waals surface area (Å²) < 4.78 is 0. The Balaban J connectivity index is 3.12. The first-order valence-corrected chi connectivity index (χ1v) is 3.75. The number of hydrogen-bond donors (Lipinski definition) is 1. The van der Waals surface area contributed by atoms with Crippen molar-refractivity contribution in [2.75, 3.05) is 5.73 Å². The third-order valence-corrected chi connectivity index (χ3v) is 1.62. The molecule has 2 N–H and O–H groups in total. The van der Waals surface area contributed by atoms with Gasteiger partial charge in [0.1, 0.15) is 0 Å². The molecule has 0 aromatic carbocycles. The fourth-order valence-electron chi connectivity index (χ4n) is 0.988. The summed E-state index contributed by atoms with van der Waals surface area (Å²) in [6.45, 7) is 5.57. The Kier molecular flexibility index (Phi) is 2.64. The second-order valence-corrected chi connectivity index (χ2v) is 2.55. The fraction of sp³-hybridized carbons (Fsp3) is 0.100. The summed E-state index contributed by atoms with van der Waals surface area (Å²) in [7, 11) is 0. The summed E-state index contributed by atoms with van der Waals surface area (Å²) in [6.07, 6.45) is 8.95. The molecule has 0 saturated heterocycles. The van der Waals surface area contributed by atoms with Crippen molar-refractivity contribution in [1.29, 1.82) is 0 Å². The lowest BCUT2D eigenvalue weighted by Gasteiger charge is -2.01. The van der Waals surface area contributed by atoms with E-state index >= 15 is 0 Å². The lowest BCUT2D eigenvalue weighted by atomic mass is 10.1. The zero-order chi connectivity index (χ0) is 8.97. The molecule has 0 bridgehead atoms. The van der Waals surface area contributed by atoms with Crippen molar-refractivity contribution in [2.24, 2.45) is 0 Å². The number of allylic oxidation sites excluding steroid dienone is 2. The highest BCUT2D eigenvalue weighted by Gasteiger charge is 1.97. The van der Waals surface area contributed by atoms with E-state index in [0.717, 1.165) is 11.1 Å². The first kappa shape index (κ1) is 8.53. The molecular formula is C10H12N2. The van der Waals surface area contributed by atoms with Crippen LogP contribution in [0.4, 0.5) is 5.69 Å². The zero-order valence-corrected chi connectivity index (χ0v) is 7.12. The standard InChI is InChI=1S/C10H12N2/c1-3-4-5-9-8(2)6-12-7-10(9)11/h3-7H,1,11H2,2H3/b5-4-. The molecule has 1 rings (SSSR count). The highest BCUT2D eigenvalue weighted by Crippen LogP contribution is 2.15. The second-order valence-electron chi connectivity index (χ2n) is 2.55. The van der Waals surface area contributed by atoms with Gasteiger partial charge in [0.05, 0.1) is 11.9 Å². The van der Waals surface area contributed by atoms with E-state index in [0.29, 0.717) is 5.69 Å². The van der Waals surface area contributed by atoms with Gasteiger partial charge in [0.15, 0.2) is 0 Å². The number of anilines is 1. The molecule has 62 valence electrons. The average Bonchev–Trinajstić information content (AvgIpc) is 2.04. The Bertz CT molecular complexity index is 293. The quantitative estimate of drug-likeness (QED) is 0.673. The van der Waals surface area contributed by atoms with Crippen LogP contribution in [0, 0.1) is 6.92 Å². The molecular weight excluding hydrogens is 148 g/mol. The summed E-state index contributed by atoms with van der Waals surface area (Å²) in [5.74, 6) is 0. The molecule has 0 aliphatic rings. The third-order valence-electron chi connectivity index (χ3n) is 1.62. The Hall–Kier alpha value is -1.57. The van der Waals surface area contributed by atoms with Gasteiger partial charge >= 0.3 is 0 Å². The van der Waals surface area contributed by atoms with Crippen LogP contribution in [-0.2, 0) is 0 Å². The van der Waals surface area contributed by atoms with E-state index in [-0.39, 0.29) is 0 Å². The van der Waals surface area contributed by atoms with Crippen LogP contribution in [0.15, 0.2) is 31.1 Å². The second kappa shape index (κ2) is 3.72. The maximum absolute atomic E-state index is 5.71. The van der Waals surface area contributed by atoms with Crippen LogP contribution in [0.5, 0.6) is 0 Å². The largest absolute Gasteiger partial charge is 0.397 e. The minimum Gasteiger partial charge on any atom is -0.397 e. The van der Waals surface area contributed by atoms with E-state index in [4.69, 9.17) is 5.73 Å². The van der Waals surface area contributed by atoms with E-state index in [1.54, 1.807) is 18.5 Å². The predicted molar refractivity (Wildman–Crippen MR) is 52.6 cm³/mol. The van der Waals surface area contributed by atoms with Crippen molar-refractivity contribution in [3.63, 3.8) is 0 Å². The van der Waals surface area contributed by atoms with Gasteiger partial charge in [-0.15, -0.1) is 0 Å². The molecule has 1 aromatic heterocycles. The predicted octanol–water partition coefficient (Wildman–Crippen LogP) is 2.17. The summed E-state index contributed by atoms with van der Waals surface area (Å²) in [5.41, 5.74) is 8.51. The van der Waals surface area contributed by atoms with E-state index in [2.05, 4.69) is 11.6 Å². The lowest BCUT2D eigenvalue weighted by Crippen LogP contribution is -1.93. The van der Waals surface area contributed by atoms with Gasteiger partial charge in [0.25, 0.3) is 0 Å². The number of nitrogen functional groups attached to an aromatic ring is 1. The molecule has 0 radical (unpaired) electrons. The molecule has 12 heavy (non-hydrogen) atoms. The number of nitrogens with two attached hydrogens (primary N) is 1. The Morgan fingerprint density at radius 2 is 2.25 bits per heavy atom. The number of rotatable bonds is 2. The molecule has 0 saturated carbocycles. The van der Waals surface area contributed by atoms with Crippen LogP contribution in [0.25, 0.3) is 6.08 Å². The SMILES string of the molecule is C=C/C=C\c1c(C)cncc1N. The van der Waals surface area contributed by atoms with Crippen molar-refractivity contribution < 1.29 is 0 Å². The molecule has 0 aliphatic carbocycles. The summed E-state index contributed by atoms with van der Waals surface area (Å²) >= 11 is 0. The highest BCUT2D eigenvalue weighted by molar-refractivity contribution is 5.66. The van der Waals surface area contributed by atoms with Gasteiger partial charge in [0, 0.05) is 11.8 Å². The van der Waals surface area contributed by atoms with Crippen LogP contribution in [-0.4, -0.2) is 4.98 Å². The molecule has 0 fully saturated rings. The number of pyridine rings is 1. The van der Waals surface area contributed by atoms with Gasteiger partial charge in [-0.05, 0) is 12.5 Å². The molecule has 0 spiro atoms. The normalized spacial score (nSPS) is 10.4. The molecule has 0 aliphatic heterocycles. The van der Waals surface area contributed by atoms with Gasteiger partial charge in [-0.1, -0.05) is 24.8 Å². The van der Waals surface area contributed by atoms with Gasteiger partial charge in [-0.3, -0.25) is 4.98 Å². The monoisotopic (exact) mass is 160 g/mol. The van der Waals surface area contributed by atoms with Crippen molar-refractivity contribution in [3.8, 4) is 0 Å². The summed E-state index contributed by atoms with van der Waals surface area (Å²) in [5, 5.41) is 0.